The molecule has 0 N–H and O–H groups in total. The normalized spacial score (nSPS) is 37.5. The van der Waals surface area contributed by atoms with Crippen LogP contribution in [0.2, 0.25) is 0 Å². The third-order valence-electron chi connectivity index (χ3n) is 4.26. The lowest BCUT2D eigenvalue weighted by Crippen LogP contribution is -2.61. The second kappa shape index (κ2) is 8.98. The fourth-order valence-corrected chi connectivity index (χ4v) is 3.08. The van der Waals surface area contributed by atoms with E-state index in [9.17, 15) is 0 Å². The maximum Gasteiger partial charge on any atom is 0.0731 e. The van der Waals surface area contributed by atoms with Crippen molar-refractivity contribution in [1.82, 2.24) is 9.80 Å². The Morgan fingerprint density at radius 3 is 1.45 bits per heavy atom. The van der Waals surface area contributed by atoms with Crippen LogP contribution in [0.4, 0.5) is 0 Å². The molecule has 0 aromatic rings. The first-order valence-electron chi connectivity index (χ1n) is 8.36. The zero-order chi connectivity index (χ0) is 15.1. The SMILES string of the molecule is CC.CC.CN1C2COCC1C2.CN1CC2CC(C1)O2. The van der Waals surface area contributed by atoms with Gasteiger partial charge in [-0.2, -0.15) is 0 Å². The van der Waals surface area contributed by atoms with E-state index < -0.39 is 0 Å². The van der Waals surface area contributed by atoms with Crippen molar-refractivity contribution in [2.24, 2.45) is 0 Å². The molecule has 6 fully saturated rings. The molecule has 0 aliphatic carbocycles. The predicted molar refractivity (Wildman–Crippen MR) is 84.2 cm³/mol. The van der Waals surface area contributed by atoms with Crippen LogP contribution in [0, 0.1) is 0 Å². The Balaban J connectivity index is 0.000000161. The van der Waals surface area contributed by atoms with E-state index in [0.717, 1.165) is 38.4 Å². The summed E-state index contributed by atoms with van der Waals surface area (Å²) in [5, 5.41) is 0. The molecule has 0 saturated carbocycles. The Morgan fingerprint density at radius 1 is 0.800 bits per heavy atom. The largest absolute Gasteiger partial charge is 0.378 e. The number of piperidine rings is 1. The number of nitrogens with zero attached hydrogens (tertiary/aromatic N) is 2. The van der Waals surface area contributed by atoms with Crippen molar-refractivity contribution in [2.75, 3.05) is 40.4 Å². The summed E-state index contributed by atoms with van der Waals surface area (Å²) < 4.78 is 10.7. The van der Waals surface area contributed by atoms with Crippen molar-refractivity contribution in [3.8, 4) is 0 Å². The van der Waals surface area contributed by atoms with E-state index in [4.69, 9.17) is 9.47 Å². The van der Waals surface area contributed by atoms with E-state index >= 15 is 0 Å². The molecular formula is C16H34N2O2. The first-order chi connectivity index (χ1) is 9.72. The predicted octanol–water partition coefficient (Wildman–Crippen LogP) is 2.23. The monoisotopic (exact) mass is 286 g/mol. The lowest BCUT2D eigenvalue weighted by atomic mass is 9.93. The third-order valence-corrected chi connectivity index (χ3v) is 4.26. The minimum Gasteiger partial charge on any atom is -0.378 e. The van der Waals surface area contributed by atoms with Crippen molar-refractivity contribution in [2.45, 2.75) is 64.8 Å². The Hall–Kier alpha value is -0.160. The summed E-state index contributed by atoms with van der Waals surface area (Å²) in [4.78, 5) is 4.74. The average Bonchev–Trinajstić information content (AvgIpc) is 2.51. The molecule has 4 heteroatoms. The Kier molecular flexibility index (Phi) is 8.03. The fraction of sp³-hybridized carbons (Fsp3) is 1.00. The second-order valence-electron chi connectivity index (χ2n) is 5.58. The number of likely N-dealkylation sites (N-methyl/N-ethyl adjacent to an activating group) is 2. The molecule has 6 aliphatic rings. The minimum atomic E-state index is 0.582. The van der Waals surface area contributed by atoms with Gasteiger partial charge in [0, 0.05) is 31.6 Å². The van der Waals surface area contributed by atoms with Gasteiger partial charge in [-0.05, 0) is 20.5 Å². The Bertz CT molecular complexity index is 233. The Labute approximate surface area is 125 Å². The molecule has 4 bridgehead atoms. The first-order valence-corrected chi connectivity index (χ1v) is 8.36. The van der Waals surface area contributed by atoms with Crippen LogP contribution in [0.1, 0.15) is 40.5 Å². The minimum absolute atomic E-state index is 0.582. The van der Waals surface area contributed by atoms with Gasteiger partial charge in [-0.25, -0.2) is 0 Å². The van der Waals surface area contributed by atoms with Crippen LogP contribution >= 0.6 is 0 Å². The molecule has 4 nitrogen and oxygen atoms in total. The van der Waals surface area contributed by atoms with Crippen molar-refractivity contribution in [1.29, 1.82) is 0 Å². The van der Waals surface area contributed by atoms with Crippen LogP contribution in [-0.4, -0.2) is 74.5 Å². The zero-order valence-electron chi connectivity index (χ0n) is 14.3. The molecule has 0 radical (unpaired) electrons. The molecule has 6 aliphatic heterocycles. The van der Waals surface area contributed by atoms with E-state index in [0.29, 0.717) is 12.2 Å². The van der Waals surface area contributed by atoms with Crippen molar-refractivity contribution < 1.29 is 9.47 Å². The van der Waals surface area contributed by atoms with Gasteiger partial charge in [0.05, 0.1) is 25.4 Å². The highest BCUT2D eigenvalue weighted by atomic mass is 16.5. The van der Waals surface area contributed by atoms with Crippen LogP contribution in [0.5, 0.6) is 0 Å². The van der Waals surface area contributed by atoms with E-state index in [1.54, 1.807) is 0 Å². The van der Waals surface area contributed by atoms with Gasteiger partial charge in [0.15, 0.2) is 0 Å². The fourth-order valence-electron chi connectivity index (χ4n) is 3.08. The van der Waals surface area contributed by atoms with Crippen molar-refractivity contribution in [3.05, 3.63) is 0 Å². The number of hydrogen-bond acceptors (Lipinski definition) is 4. The highest BCUT2D eigenvalue weighted by Crippen LogP contribution is 2.28. The van der Waals surface area contributed by atoms with Crippen LogP contribution in [0.15, 0.2) is 0 Å². The van der Waals surface area contributed by atoms with E-state index in [1.807, 2.05) is 27.7 Å². The van der Waals surface area contributed by atoms with Crippen molar-refractivity contribution in [3.63, 3.8) is 0 Å². The number of fused-ring (bicyclic) bond motifs is 4. The van der Waals surface area contributed by atoms with E-state index in [-0.39, 0.29) is 0 Å². The van der Waals surface area contributed by atoms with Crippen LogP contribution in [0.3, 0.4) is 0 Å². The molecule has 0 aromatic carbocycles. The quantitative estimate of drug-likeness (QED) is 0.682. The van der Waals surface area contributed by atoms with Gasteiger partial charge in [-0.15, -0.1) is 0 Å². The average molecular weight is 286 g/mol. The molecule has 4 atom stereocenters. The maximum atomic E-state index is 5.40. The van der Waals surface area contributed by atoms with Gasteiger partial charge >= 0.3 is 0 Å². The van der Waals surface area contributed by atoms with Crippen molar-refractivity contribution >= 4 is 0 Å². The molecule has 0 amide bonds. The molecular weight excluding hydrogens is 252 g/mol. The lowest BCUT2D eigenvalue weighted by Gasteiger charge is -2.50. The van der Waals surface area contributed by atoms with Gasteiger partial charge in [-0.1, -0.05) is 27.7 Å². The summed E-state index contributed by atoms with van der Waals surface area (Å²) in [7, 11) is 4.34. The molecule has 6 heterocycles. The number of morpholine rings is 2. The molecule has 6 rings (SSSR count). The summed E-state index contributed by atoms with van der Waals surface area (Å²) in [6.45, 7) is 12.2. The van der Waals surface area contributed by atoms with E-state index in [2.05, 4.69) is 23.9 Å². The molecule has 4 unspecified atom stereocenters. The topological polar surface area (TPSA) is 24.9 Å². The smallest absolute Gasteiger partial charge is 0.0731 e. The number of ether oxygens (including phenoxy) is 2. The summed E-state index contributed by atoms with van der Waals surface area (Å²) in [6.07, 6.45) is 3.85. The third kappa shape index (κ3) is 4.42. The summed E-state index contributed by atoms with van der Waals surface area (Å²) in [5.41, 5.74) is 0. The lowest BCUT2D eigenvalue weighted by molar-refractivity contribution is -0.175. The number of hydrogen-bond donors (Lipinski definition) is 0. The maximum absolute atomic E-state index is 5.40. The van der Waals surface area contributed by atoms with Gasteiger partial charge in [0.1, 0.15) is 0 Å². The van der Waals surface area contributed by atoms with Gasteiger partial charge in [0.25, 0.3) is 0 Å². The van der Waals surface area contributed by atoms with Crippen LogP contribution < -0.4 is 0 Å². The molecule has 6 saturated heterocycles. The van der Waals surface area contributed by atoms with Crippen LogP contribution in [-0.2, 0) is 9.47 Å². The van der Waals surface area contributed by atoms with Gasteiger partial charge < -0.3 is 14.4 Å². The summed E-state index contributed by atoms with van der Waals surface area (Å²) in [5.74, 6) is 0. The highest BCUT2D eigenvalue weighted by Gasteiger charge is 2.39. The summed E-state index contributed by atoms with van der Waals surface area (Å²) >= 11 is 0. The van der Waals surface area contributed by atoms with Gasteiger partial charge in [-0.3, -0.25) is 4.90 Å². The second-order valence-corrected chi connectivity index (χ2v) is 5.58. The zero-order valence-corrected chi connectivity index (χ0v) is 14.3. The summed E-state index contributed by atoms with van der Waals surface area (Å²) in [6, 6.07) is 1.52. The molecule has 0 spiro atoms. The highest BCUT2D eigenvalue weighted by molar-refractivity contribution is 4.93. The molecule has 20 heavy (non-hydrogen) atoms. The first kappa shape index (κ1) is 17.9. The molecule has 0 aromatic heterocycles. The van der Waals surface area contributed by atoms with Crippen LogP contribution in [0.25, 0.3) is 0 Å². The van der Waals surface area contributed by atoms with E-state index in [1.165, 1.54) is 12.8 Å². The number of rotatable bonds is 0. The standard InChI is InChI=1S/2C6H11NO.2C2H6/c1-7-5-2-6(7)4-8-3-5;1-7-3-5-2-6(4-7)8-5;2*1-2/h2*5-6H,2-4H2,1H3;2*1-2H3. The van der Waals surface area contributed by atoms with Gasteiger partial charge in [0.2, 0.25) is 0 Å². The Morgan fingerprint density at radius 2 is 1.25 bits per heavy atom. The molecule has 120 valence electrons.